The Labute approximate surface area is 134 Å². The van der Waals surface area contributed by atoms with Crippen LogP contribution in [0.4, 0.5) is 4.39 Å². The second kappa shape index (κ2) is 7.27. The lowest BCUT2D eigenvalue weighted by atomic mass is 10.1. The Morgan fingerprint density at radius 2 is 2.05 bits per heavy atom. The molecule has 5 heteroatoms. The molecule has 0 saturated heterocycles. The van der Waals surface area contributed by atoms with Gasteiger partial charge in [-0.1, -0.05) is 29.8 Å². The molecular formula is C17H17ClFNO2. The standard InChI is InChI=1S/C17H17ClFNO2/c1-11(12-5-3-6-13(9-12)22-2)20-17(21)10-14-15(18)7-4-8-16(14)19/h3-9,11H,10H2,1-2H3,(H,20,21)/t11-/m0/s1. The van der Waals surface area contributed by atoms with Gasteiger partial charge in [0.25, 0.3) is 0 Å². The van der Waals surface area contributed by atoms with Crippen LogP contribution in [0.2, 0.25) is 5.02 Å². The van der Waals surface area contributed by atoms with E-state index in [9.17, 15) is 9.18 Å². The average molecular weight is 322 g/mol. The highest BCUT2D eigenvalue weighted by molar-refractivity contribution is 6.31. The summed E-state index contributed by atoms with van der Waals surface area (Å²) >= 11 is 5.93. The second-order valence-electron chi connectivity index (χ2n) is 4.94. The summed E-state index contributed by atoms with van der Waals surface area (Å²) in [6.45, 7) is 1.86. The van der Waals surface area contributed by atoms with Gasteiger partial charge in [0, 0.05) is 10.6 Å². The fourth-order valence-corrected chi connectivity index (χ4v) is 2.38. The van der Waals surface area contributed by atoms with E-state index in [0.717, 1.165) is 11.3 Å². The van der Waals surface area contributed by atoms with Crippen LogP contribution >= 0.6 is 11.6 Å². The molecule has 2 aromatic rings. The minimum Gasteiger partial charge on any atom is -0.497 e. The lowest BCUT2D eigenvalue weighted by Gasteiger charge is -2.15. The molecule has 1 amide bonds. The normalized spacial score (nSPS) is 11.8. The van der Waals surface area contributed by atoms with Crippen molar-refractivity contribution in [2.24, 2.45) is 0 Å². The predicted octanol–water partition coefficient (Wildman–Crippen LogP) is 3.91. The highest BCUT2D eigenvalue weighted by Crippen LogP contribution is 2.21. The number of hydrogen-bond donors (Lipinski definition) is 1. The van der Waals surface area contributed by atoms with Crippen LogP contribution in [0.15, 0.2) is 42.5 Å². The third-order valence-electron chi connectivity index (χ3n) is 3.37. The Morgan fingerprint density at radius 1 is 1.32 bits per heavy atom. The number of amides is 1. The number of methoxy groups -OCH3 is 1. The van der Waals surface area contributed by atoms with Gasteiger partial charge in [-0.3, -0.25) is 4.79 Å². The first kappa shape index (κ1) is 16.3. The molecule has 0 saturated carbocycles. The zero-order valence-corrected chi connectivity index (χ0v) is 13.2. The summed E-state index contributed by atoms with van der Waals surface area (Å²) in [4.78, 5) is 12.1. The quantitative estimate of drug-likeness (QED) is 0.906. The molecule has 0 heterocycles. The number of halogens is 2. The summed E-state index contributed by atoms with van der Waals surface area (Å²) in [5.41, 5.74) is 1.12. The first-order valence-electron chi connectivity index (χ1n) is 6.87. The third-order valence-corrected chi connectivity index (χ3v) is 3.72. The molecule has 0 unspecified atom stereocenters. The molecule has 0 radical (unpaired) electrons. The average Bonchev–Trinajstić information content (AvgIpc) is 2.51. The largest absolute Gasteiger partial charge is 0.497 e. The van der Waals surface area contributed by atoms with Crippen molar-refractivity contribution in [3.05, 3.63) is 64.4 Å². The summed E-state index contributed by atoms with van der Waals surface area (Å²) in [6, 6.07) is 11.6. The van der Waals surface area contributed by atoms with Gasteiger partial charge in [0.15, 0.2) is 0 Å². The van der Waals surface area contributed by atoms with Gasteiger partial charge in [0.2, 0.25) is 5.91 Å². The fourth-order valence-electron chi connectivity index (χ4n) is 2.15. The van der Waals surface area contributed by atoms with Crippen molar-refractivity contribution in [2.75, 3.05) is 7.11 Å². The van der Waals surface area contributed by atoms with Crippen LogP contribution in [-0.4, -0.2) is 13.0 Å². The maximum atomic E-state index is 13.7. The molecular weight excluding hydrogens is 305 g/mol. The van der Waals surface area contributed by atoms with Crippen LogP contribution < -0.4 is 10.1 Å². The number of carbonyl (C=O) groups is 1. The van der Waals surface area contributed by atoms with Gasteiger partial charge >= 0.3 is 0 Å². The molecule has 0 aliphatic heterocycles. The van der Waals surface area contributed by atoms with Crippen molar-refractivity contribution in [1.29, 1.82) is 0 Å². The van der Waals surface area contributed by atoms with E-state index < -0.39 is 5.82 Å². The summed E-state index contributed by atoms with van der Waals surface area (Å²) in [5.74, 6) is -0.0465. The van der Waals surface area contributed by atoms with Crippen LogP contribution in [-0.2, 0) is 11.2 Å². The minimum atomic E-state index is -0.475. The number of rotatable bonds is 5. The van der Waals surface area contributed by atoms with E-state index >= 15 is 0 Å². The molecule has 22 heavy (non-hydrogen) atoms. The molecule has 0 aliphatic rings. The van der Waals surface area contributed by atoms with Crippen molar-refractivity contribution < 1.29 is 13.9 Å². The van der Waals surface area contributed by atoms with Gasteiger partial charge in [-0.15, -0.1) is 0 Å². The van der Waals surface area contributed by atoms with Gasteiger partial charge in [0.05, 0.1) is 19.6 Å². The Balaban J connectivity index is 2.05. The molecule has 1 atom stereocenters. The van der Waals surface area contributed by atoms with Crippen LogP contribution in [0, 0.1) is 5.82 Å². The van der Waals surface area contributed by atoms with Crippen molar-refractivity contribution in [3.63, 3.8) is 0 Å². The molecule has 2 aromatic carbocycles. The maximum absolute atomic E-state index is 13.7. The van der Waals surface area contributed by atoms with Crippen molar-refractivity contribution in [2.45, 2.75) is 19.4 Å². The van der Waals surface area contributed by atoms with E-state index in [0.29, 0.717) is 0 Å². The van der Waals surface area contributed by atoms with Crippen LogP contribution in [0.3, 0.4) is 0 Å². The molecule has 1 N–H and O–H groups in total. The van der Waals surface area contributed by atoms with Crippen LogP contribution in [0.1, 0.15) is 24.1 Å². The van der Waals surface area contributed by atoms with Gasteiger partial charge in [-0.05, 0) is 36.8 Å². The lowest BCUT2D eigenvalue weighted by molar-refractivity contribution is -0.121. The Kier molecular flexibility index (Phi) is 5.39. The molecule has 0 fully saturated rings. The highest BCUT2D eigenvalue weighted by atomic mass is 35.5. The molecule has 2 rings (SSSR count). The fraction of sp³-hybridized carbons (Fsp3) is 0.235. The van der Waals surface area contributed by atoms with Crippen LogP contribution in [0.25, 0.3) is 0 Å². The van der Waals surface area contributed by atoms with E-state index in [1.165, 1.54) is 12.1 Å². The Morgan fingerprint density at radius 3 is 2.73 bits per heavy atom. The highest BCUT2D eigenvalue weighted by Gasteiger charge is 2.14. The molecule has 3 nitrogen and oxygen atoms in total. The van der Waals surface area contributed by atoms with E-state index in [4.69, 9.17) is 16.3 Å². The van der Waals surface area contributed by atoms with Crippen molar-refractivity contribution >= 4 is 17.5 Å². The predicted molar refractivity (Wildman–Crippen MR) is 84.7 cm³/mol. The van der Waals surface area contributed by atoms with Crippen LogP contribution in [0.5, 0.6) is 5.75 Å². The second-order valence-corrected chi connectivity index (χ2v) is 5.35. The molecule has 0 bridgehead atoms. The number of ether oxygens (including phenoxy) is 1. The summed E-state index contributed by atoms with van der Waals surface area (Å²) in [6.07, 6.45) is -0.0974. The summed E-state index contributed by atoms with van der Waals surface area (Å²) in [5, 5.41) is 3.08. The topological polar surface area (TPSA) is 38.3 Å². The van der Waals surface area contributed by atoms with Gasteiger partial charge in [-0.2, -0.15) is 0 Å². The van der Waals surface area contributed by atoms with E-state index in [1.807, 2.05) is 31.2 Å². The van der Waals surface area contributed by atoms with Gasteiger partial charge < -0.3 is 10.1 Å². The number of carbonyl (C=O) groups excluding carboxylic acids is 1. The zero-order chi connectivity index (χ0) is 16.1. The van der Waals surface area contributed by atoms with E-state index in [2.05, 4.69) is 5.32 Å². The summed E-state index contributed by atoms with van der Waals surface area (Å²) in [7, 11) is 1.59. The Hall–Kier alpha value is -2.07. The Bertz CT molecular complexity index is 655. The first-order chi connectivity index (χ1) is 10.5. The smallest absolute Gasteiger partial charge is 0.225 e. The lowest BCUT2D eigenvalue weighted by Crippen LogP contribution is -2.28. The molecule has 0 spiro atoms. The monoisotopic (exact) mass is 321 g/mol. The van der Waals surface area contributed by atoms with Gasteiger partial charge in [-0.25, -0.2) is 4.39 Å². The third kappa shape index (κ3) is 3.98. The van der Waals surface area contributed by atoms with E-state index in [1.54, 1.807) is 13.2 Å². The van der Waals surface area contributed by atoms with Crippen molar-refractivity contribution in [3.8, 4) is 5.75 Å². The molecule has 0 aliphatic carbocycles. The number of hydrogen-bond acceptors (Lipinski definition) is 2. The molecule has 0 aromatic heterocycles. The van der Waals surface area contributed by atoms with Crippen molar-refractivity contribution in [1.82, 2.24) is 5.32 Å². The zero-order valence-electron chi connectivity index (χ0n) is 12.4. The number of nitrogens with one attached hydrogen (secondary N) is 1. The summed E-state index contributed by atoms with van der Waals surface area (Å²) < 4.78 is 18.8. The molecule has 116 valence electrons. The number of benzene rings is 2. The maximum Gasteiger partial charge on any atom is 0.225 e. The van der Waals surface area contributed by atoms with Gasteiger partial charge in [0.1, 0.15) is 11.6 Å². The first-order valence-corrected chi connectivity index (χ1v) is 7.25. The SMILES string of the molecule is COc1cccc([C@H](C)NC(=O)Cc2c(F)cccc2Cl)c1. The van der Waals surface area contributed by atoms with E-state index in [-0.39, 0.29) is 29.0 Å². The minimum absolute atomic E-state index is 0.0974.